The number of carbonyl (C=O) groups is 1. The highest BCUT2D eigenvalue weighted by Gasteiger charge is 2.12. The van der Waals surface area contributed by atoms with Gasteiger partial charge in [0.05, 0.1) is 10.2 Å². The first-order valence-electron chi connectivity index (χ1n) is 5.74. The van der Waals surface area contributed by atoms with Crippen LogP contribution in [0.15, 0.2) is 40.9 Å². The van der Waals surface area contributed by atoms with Gasteiger partial charge in [-0.25, -0.2) is 8.78 Å². The van der Waals surface area contributed by atoms with Crippen molar-refractivity contribution in [2.24, 2.45) is 5.73 Å². The maximum atomic E-state index is 13.6. The van der Waals surface area contributed by atoms with Gasteiger partial charge in [0.25, 0.3) is 5.91 Å². The Morgan fingerprint density at radius 1 is 1.10 bits per heavy atom. The normalized spacial score (nSPS) is 10.2. The standard InChI is InChI=1S/C14H9BrF2N2OS/c15-9-5-11(17)12(6-10(9)16)19-14(20)8-3-1-7(2-4-8)13(18)21/h1-6H,(H2,18,21)(H,19,20). The van der Waals surface area contributed by atoms with Crippen LogP contribution in [-0.4, -0.2) is 10.9 Å². The topological polar surface area (TPSA) is 55.1 Å². The quantitative estimate of drug-likeness (QED) is 0.640. The van der Waals surface area contributed by atoms with Crippen molar-refractivity contribution in [1.29, 1.82) is 0 Å². The van der Waals surface area contributed by atoms with Crippen molar-refractivity contribution in [1.82, 2.24) is 0 Å². The Morgan fingerprint density at radius 2 is 1.67 bits per heavy atom. The number of anilines is 1. The number of benzene rings is 2. The lowest BCUT2D eigenvalue weighted by Gasteiger charge is -2.08. The van der Waals surface area contributed by atoms with E-state index < -0.39 is 17.5 Å². The van der Waals surface area contributed by atoms with Gasteiger partial charge in [-0.15, -0.1) is 0 Å². The summed E-state index contributed by atoms with van der Waals surface area (Å²) < 4.78 is 27.0. The van der Waals surface area contributed by atoms with E-state index in [-0.39, 0.29) is 20.7 Å². The fourth-order valence-corrected chi connectivity index (χ4v) is 2.05. The van der Waals surface area contributed by atoms with Crippen LogP contribution < -0.4 is 11.1 Å². The molecule has 108 valence electrons. The lowest BCUT2D eigenvalue weighted by atomic mass is 10.1. The molecule has 2 aromatic rings. The van der Waals surface area contributed by atoms with Crippen molar-refractivity contribution in [2.45, 2.75) is 0 Å². The molecule has 0 saturated heterocycles. The predicted molar refractivity (Wildman–Crippen MR) is 84.3 cm³/mol. The summed E-state index contributed by atoms with van der Waals surface area (Å²) in [6.45, 7) is 0. The molecule has 0 spiro atoms. The third-order valence-electron chi connectivity index (χ3n) is 2.69. The highest BCUT2D eigenvalue weighted by molar-refractivity contribution is 9.10. The summed E-state index contributed by atoms with van der Waals surface area (Å²) in [4.78, 5) is 12.2. The molecule has 0 aliphatic carbocycles. The van der Waals surface area contributed by atoms with E-state index in [9.17, 15) is 13.6 Å². The molecule has 0 atom stereocenters. The number of hydrogen-bond donors (Lipinski definition) is 2. The number of hydrogen-bond acceptors (Lipinski definition) is 2. The molecule has 0 fully saturated rings. The minimum absolute atomic E-state index is 0.0150. The second-order valence-corrected chi connectivity index (χ2v) is 5.44. The molecule has 21 heavy (non-hydrogen) atoms. The molecule has 0 aliphatic heterocycles. The van der Waals surface area contributed by atoms with Crippen molar-refractivity contribution in [3.63, 3.8) is 0 Å². The van der Waals surface area contributed by atoms with Crippen LogP contribution in [0.2, 0.25) is 0 Å². The Kier molecular flexibility index (Phi) is 4.64. The van der Waals surface area contributed by atoms with Crippen LogP contribution in [0, 0.1) is 11.6 Å². The zero-order chi connectivity index (χ0) is 15.6. The van der Waals surface area contributed by atoms with Crippen LogP contribution in [0.5, 0.6) is 0 Å². The lowest BCUT2D eigenvalue weighted by molar-refractivity contribution is 0.102. The van der Waals surface area contributed by atoms with Gasteiger partial charge in [0, 0.05) is 17.2 Å². The monoisotopic (exact) mass is 370 g/mol. The largest absolute Gasteiger partial charge is 0.389 e. The van der Waals surface area contributed by atoms with Gasteiger partial charge in [-0.2, -0.15) is 0 Å². The second-order valence-electron chi connectivity index (χ2n) is 4.14. The molecular formula is C14H9BrF2N2OS. The van der Waals surface area contributed by atoms with Crippen molar-refractivity contribution in [2.75, 3.05) is 5.32 Å². The van der Waals surface area contributed by atoms with Gasteiger partial charge in [-0.1, -0.05) is 24.4 Å². The van der Waals surface area contributed by atoms with Crippen LogP contribution in [0.3, 0.4) is 0 Å². The highest BCUT2D eigenvalue weighted by atomic mass is 79.9. The minimum Gasteiger partial charge on any atom is -0.389 e. The lowest BCUT2D eigenvalue weighted by Crippen LogP contribution is -2.14. The average Bonchev–Trinajstić information content (AvgIpc) is 2.44. The molecule has 2 aromatic carbocycles. The Bertz CT molecular complexity index is 720. The number of nitrogens with two attached hydrogens (primary N) is 1. The van der Waals surface area contributed by atoms with Crippen molar-refractivity contribution < 1.29 is 13.6 Å². The Morgan fingerprint density at radius 3 is 2.24 bits per heavy atom. The Labute approximate surface area is 133 Å². The van der Waals surface area contributed by atoms with Crippen LogP contribution in [-0.2, 0) is 0 Å². The fraction of sp³-hybridized carbons (Fsp3) is 0. The summed E-state index contributed by atoms with van der Waals surface area (Å²) in [7, 11) is 0. The number of nitrogens with one attached hydrogen (secondary N) is 1. The molecule has 3 N–H and O–H groups in total. The first-order chi connectivity index (χ1) is 9.88. The van der Waals surface area contributed by atoms with Gasteiger partial charge in [0.15, 0.2) is 0 Å². The van der Waals surface area contributed by atoms with Crippen LogP contribution in [0.4, 0.5) is 14.5 Å². The van der Waals surface area contributed by atoms with Crippen molar-refractivity contribution >= 4 is 44.7 Å². The van der Waals surface area contributed by atoms with E-state index in [1.807, 2.05) is 0 Å². The molecule has 1 amide bonds. The van der Waals surface area contributed by atoms with E-state index in [0.29, 0.717) is 5.56 Å². The SMILES string of the molecule is NC(=S)c1ccc(C(=O)Nc2cc(F)c(Br)cc2F)cc1. The molecule has 7 heteroatoms. The third-order valence-corrected chi connectivity index (χ3v) is 3.53. The smallest absolute Gasteiger partial charge is 0.255 e. The third kappa shape index (κ3) is 3.62. The van der Waals surface area contributed by atoms with E-state index in [1.165, 1.54) is 12.1 Å². The highest BCUT2D eigenvalue weighted by Crippen LogP contribution is 2.23. The van der Waals surface area contributed by atoms with Crippen LogP contribution >= 0.6 is 28.1 Å². The van der Waals surface area contributed by atoms with Crippen molar-refractivity contribution in [3.05, 3.63) is 63.6 Å². The molecule has 2 rings (SSSR count). The minimum atomic E-state index is -0.739. The van der Waals surface area contributed by atoms with E-state index in [1.54, 1.807) is 12.1 Å². The molecule has 0 heterocycles. The molecule has 0 bridgehead atoms. The zero-order valence-corrected chi connectivity index (χ0v) is 12.9. The van der Waals surface area contributed by atoms with E-state index in [0.717, 1.165) is 12.1 Å². The summed E-state index contributed by atoms with van der Waals surface area (Å²) in [5.41, 5.74) is 6.10. The van der Waals surface area contributed by atoms with Gasteiger partial charge in [-0.05, 0) is 34.1 Å². The first kappa shape index (κ1) is 15.5. The molecule has 3 nitrogen and oxygen atoms in total. The van der Waals surface area contributed by atoms with Crippen LogP contribution in [0.1, 0.15) is 15.9 Å². The summed E-state index contributed by atoms with van der Waals surface area (Å²) in [6.07, 6.45) is 0. The molecule has 0 unspecified atom stereocenters. The van der Waals surface area contributed by atoms with Crippen molar-refractivity contribution in [3.8, 4) is 0 Å². The maximum Gasteiger partial charge on any atom is 0.255 e. The summed E-state index contributed by atoms with van der Waals surface area (Å²) >= 11 is 7.66. The van der Waals surface area contributed by atoms with E-state index in [2.05, 4.69) is 21.2 Å². The fourth-order valence-electron chi connectivity index (χ4n) is 1.60. The molecule has 0 aromatic heterocycles. The Balaban J connectivity index is 2.22. The van der Waals surface area contributed by atoms with Crippen LogP contribution in [0.25, 0.3) is 0 Å². The number of thiocarbonyl (C=S) groups is 1. The summed E-state index contributed by atoms with van der Waals surface area (Å²) in [5, 5.41) is 2.30. The zero-order valence-electron chi connectivity index (χ0n) is 10.5. The average molecular weight is 371 g/mol. The van der Waals surface area contributed by atoms with Gasteiger partial charge < -0.3 is 11.1 Å². The van der Waals surface area contributed by atoms with E-state index in [4.69, 9.17) is 18.0 Å². The van der Waals surface area contributed by atoms with Gasteiger partial charge in [-0.3, -0.25) is 4.79 Å². The van der Waals surface area contributed by atoms with Gasteiger partial charge in [0.1, 0.15) is 16.6 Å². The molecule has 0 aliphatic rings. The summed E-state index contributed by atoms with van der Waals surface area (Å²) in [5.74, 6) is -1.97. The van der Waals surface area contributed by atoms with Gasteiger partial charge in [0.2, 0.25) is 0 Å². The number of halogens is 3. The summed E-state index contributed by atoms with van der Waals surface area (Å²) in [6, 6.07) is 8.00. The Hall–Kier alpha value is -1.86. The molecular weight excluding hydrogens is 362 g/mol. The maximum absolute atomic E-state index is 13.6. The van der Waals surface area contributed by atoms with E-state index >= 15 is 0 Å². The van der Waals surface area contributed by atoms with Gasteiger partial charge >= 0.3 is 0 Å². The molecule has 0 saturated carbocycles. The number of amides is 1. The molecule has 0 radical (unpaired) electrons. The number of carbonyl (C=O) groups excluding carboxylic acids is 1. The second kappa shape index (κ2) is 6.28. The number of rotatable bonds is 3. The first-order valence-corrected chi connectivity index (χ1v) is 6.94. The predicted octanol–water partition coefficient (Wildman–Crippen LogP) is 3.61.